The number of pyridine rings is 4. The van der Waals surface area contributed by atoms with Gasteiger partial charge in [0, 0.05) is 68.8 Å². The van der Waals surface area contributed by atoms with Gasteiger partial charge in [-0.2, -0.15) is 0 Å². The molecule has 0 saturated heterocycles. The molecule has 0 saturated carbocycles. The highest BCUT2D eigenvalue weighted by Crippen LogP contribution is 2.34. The van der Waals surface area contributed by atoms with Crippen molar-refractivity contribution < 1.29 is 0 Å². The zero-order valence-electron chi connectivity index (χ0n) is 26.8. The minimum absolute atomic E-state index is 0.827. The van der Waals surface area contributed by atoms with Gasteiger partial charge in [-0.1, -0.05) is 72.8 Å². The van der Waals surface area contributed by atoms with Crippen LogP contribution in [-0.4, -0.2) is 29.1 Å². The first kappa shape index (κ1) is 28.1. The van der Waals surface area contributed by atoms with E-state index in [-0.39, 0.29) is 0 Å². The number of benzene rings is 4. The third-order valence-electron chi connectivity index (χ3n) is 9.53. The Bertz CT molecular complexity index is 2770. The Morgan fingerprint density at radius 1 is 0.340 bits per heavy atom. The minimum atomic E-state index is 0.827. The normalized spacial score (nSPS) is 11.6. The summed E-state index contributed by atoms with van der Waals surface area (Å²) in [4.78, 5) is 19.0. The van der Waals surface area contributed by atoms with Crippen LogP contribution in [0.5, 0.6) is 0 Å². The third-order valence-corrected chi connectivity index (χ3v) is 9.53. The second-order valence-electron chi connectivity index (χ2n) is 12.4. The van der Waals surface area contributed by atoms with Crippen LogP contribution in [0.3, 0.4) is 0 Å². The molecule has 0 bridgehead atoms. The maximum Gasteiger partial charge on any atom is 0.0893 e. The highest BCUT2D eigenvalue weighted by Gasteiger charge is 2.15. The molecule has 0 aliphatic rings. The fraction of sp³-hybridized carbons (Fsp3) is 0. The van der Waals surface area contributed by atoms with Crippen molar-refractivity contribution in [3.63, 3.8) is 0 Å². The summed E-state index contributed by atoms with van der Waals surface area (Å²) in [6.45, 7) is 0. The van der Waals surface area contributed by atoms with Crippen molar-refractivity contribution >= 4 is 43.6 Å². The summed E-state index contributed by atoms with van der Waals surface area (Å²) in [7, 11) is 0. The van der Waals surface area contributed by atoms with Crippen molar-refractivity contribution in [2.24, 2.45) is 0 Å². The summed E-state index contributed by atoms with van der Waals surface area (Å²) < 4.78 is 4.59. The summed E-state index contributed by atoms with van der Waals surface area (Å²) in [5, 5.41) is 4.66. The summed E-state index contributed by atoms with van der Waals surface area (Å²) in [5.74, 6) is 0. The highest BCUT2D eigenvalue weighted by molar-refractivity contribution is 6.09. The zero-order valence-corrected chi connectivity index (χ0v) is 26.8. The van der Waals surface area contributed by atoms with Crippen molar-refractivity contribution in [3.05, 3.63) is 170 Å². The van der Waals surface area contributed by atoms with Gasteiger partial charge >= 0.3 is 0 Å². The smallest absolute Gasteiger partial charge is 0.0893 e. The van der Waals surface area contributed by atoms with E-state index in [1.165, 1.54) is 10.8 Å². The minimum Gasteiger partial charge on any atom is -0.309 e. The molecule has 234 valence electrons. The summed E-state index contributed by atoms with van der Waals surface area (Å²) in [6.07, 6.45) is 7.60. The van der Waals surface area contributed by atoms with E-state index in [1.54, 1.807) is 0 Å². The van der Waals surface area contributed by atoms with Gasteiger partial charge in [-0.15, -0.1) is 0 Å². The second-order valence-corrected chi connectivity index (χ2v) is 12.4. The lowest BCUT2D eigenvalue weighted by molar-refractivity contribution is 1.17. The topological polar surface area (TPSA) is 61.4 Å². The Hall–Kier alpha value is -6.92. The van der Waals surface area contributed by atoms with Crippen molar-refractivity contribution in [3.8, 4) is 45.3 Å². The second kappa shape index (κ2) is 11.4. The Morgan fingerprint density at radius 2 is 0.840 bits per heavy atom. The van der Waals surface area contributed by atoms with Crippen LogP contribution in [0.2, 0.25) is 0 Å². The van der Waals surface area contributed by atoms with E-state index < -0.39 is 0 Å². The van der Waals surface area contributed by atoms with Gasteiger partial charge in [0.2, 0.25) is 0 Å². The first-order chi connectivity index (χ1) is 24.8. The molecule has 0 amide bonds. The lowest BCUT2D eigenvalue weighted by atomic mass is 10.1. The maximum absolute atomic E-state index is 5.11. The van der Waals surface area contributed by atoms with Crippen LogP contribution in [0.4, 0.5) is 0 Å². The van der Waals surface area contributed by atoms with Crippen molar-refractivity contribution in [1.29, 1.82) is 0 Å². The summed E-state index contributed by atoms with van der Waals surface area (Å²) in [5.41, 5.74) is 12.3. The average Bonchev–Trinajstić information content (AvgIpc) is 3.71. The first-order valence-corrected chi connectivity index (χ1v) is 16.6. The molecule has 0 aliphatic heterocycles. The molecule has 6 heteroatoms. The SMILES string of the molecule is c1cc(-c2cccc(-c3cccc(-c4ccc(-n5c6ccccc6c6cnccc65)cc4)n3)n2)cc(-n2c3ccccc3c3cnccc32)c1. The molecule has 10 aromatic rings. The van der Waals surface area contributed by atoms with Gasteiger partial charge in [0.15, 0.2) is 0 Å². The largest absolute Gasteiger partial charge is 0.309 e. The van der Waals surface area contributed by atoms with E-state index in [9.17, 15) is 0 Å². The number of para-hydroxylation sites is 2. The standard InChI is InChI=1S/C44H28N6/c1-3-16-41-33(10-1)35-27-45-24-22-43(35)49(41)31-20-18-29(19-21-31)37-12-6-14-39(47-37)40-15-7-13-38(48-40)30-8-5-9-32(26-30)50-42-17-4-2-11-34(42)36-28-46-25-23-44(36)50/h1-28H. The molecule has 10 rings (SSSR count). The van der Waals surface area contributed by atoms with Crippen molar-refractivity contribution in [2.75, 3.05) is 0 Å². The molecule has 50 heavy (non-hydrogen) atoms. The van der Waals surface area contributed by atoms with Crippen LogP contribution in [0.25, 0.3) is 88.9 Å². The van der Waals surface area contributed by atoms with Gasteiger partial charge in [-0.05, 0) is 72.8 Å². The van der Waals surface area contributed by atoms with E-state index in [0.29, 0.717) is 0 Å². The molecule has 0 radical (unpaired) electrons. The van der Waals surface area contributed by atoms with Gasteiger partial charge in [-0.3, -0.25) is 9.97 Å². The van der Waals surface area contributed by atoms with E-state index in [1.807, 2.05) is 36.9 Å². The van der Waals surface area contributed by atoms with Gasteiger partial charge in [0.05, 0.1) is 44.8 Å². The Kier molecular flexibility index (Phi) is 6.39. The Morgan fingerprint density at radius 3 is 1.46 bits per heavy atom. The lowest BCUT2D eigenvalue weighted by Crippen LogP contribution is -1.96. The van der Waals surface area contributed by atoms with Crippen LogP contribution >= 0.6 is 0 Å². The van der Waals surface area contributed by atoms with E-state index >= 15 is 0 Å². The highest BCUT2D eigenvalue weighted by atomic mass is 15.0. The fourth-order valence-electron chi connectivity index (χ4n) is 7.25. The lowest BCUT2D eigenvalue weighted by Gasteiger charge is -2.11. The first-order valence-electron chi connectivity index (χ1n) is 16.6. The predicted octanol–water partition coefficient (Wildman–Crippen LogP) is 10.5. The number of nitrogens with zero attached hydrogens (tertiary/aromatic N) is 6. The van der Waals surface area contributed by atoms with Gasteiger partial charge in [0.25, 0.3) is 0 Å². The van der Waals surface area contributed by atoms with Crippen LogP contribution < -0.4 is 0 Å². The third kappa shape index (κ3) is 4.50. The van der Waals surface area contributed by atoms with Gasteiger partial charge < -0.3 is 9.13 Å². The van der Waals surface area contributed by atoms with Crippen molar-refractivity contribution in [1.82, 2.24) is 29.1 Å². The molecule has 6 aromatic heterocycles. The van der Waals surface area contributed by atoms with E-state index in [2.05, 4.69) is 153 Å². The summed E-state index contributed by atoms with van der Waals surface area (Å²) >= 11 is 0. The number of fused-ring (bicyclic) bond motifs is 6. The number of hydrogen-bond donors (Lipinski definition) is 0. The average molecular weight is 641 g/mol. The fourth-order valence-corrected chi connectivity index (χ4v) is 7.25. The molecule has 0 atom stereocenters. The molecule has 0 N–H and O–H groups in total. The molecule has 0 aliphatic carbocycles. The van der Waals surface area contributed by atoms with Crippen LogP contribution in [0.15, 0.2) is 170 Å². The number of aromatic nitrogens is 6. The molecule has 0 unspecified atom stereocenters. The molecule has 6 heterocycles. The van der Waals surface area contributed by atoms with Crippen molar-refractivity contribution in [2.45, 2.75) is 0 Å². The van der Waals surface area contributed by atoms with Gasteiger partial charge in [0.1, 0.15) is 0 Å². The Labute approximate surface area is 287 Å². The molecular formula is C44H28N6. The van der Waals surface area contributed by atoms with E-state index in [0.717, 1.165) is 78.1 Å². The molecule has 0 spiro atoms. The van der Waals surface area contributed by atoms with Crippen LogP contribution in [0, 0.1) is 0 Å². The van der Waals surface area contributed by atoms with Crippen LogP contribution in [0.1, 0.15) is 0 Å². The van der Waals surface area contributed by atoms with E-state index in [4.69, 9.17) is 9.97 Å². The molecule has 6 nitrogen and oxygen atoms in total. The zero-order chi connectivity index (χ0) is 33.0. The van der Waals surface area contributed by atoms with Crippen LogP contribution in [-0.2, 0) is 0 Å². The quantitative estimate of drug-likeness (QED) is 0.188. The number of hydrogen-bond acceptors (Lipinski definition) is 4. The summed E-state index contributed by atoms with van der Waals surface area (Å²) in [6, 6.07) is 50.6. The predicted molar refractivity (Wildman–Crippen MR) is 203 cm³/mol. The molecule has 0 fully saturated rings. The Balaban J connectivity index is 0.993. The van der Waals surface area contributed by atoms with Gasteiger partial charge in [-0.25, -0.2) is 9.97 Å². The molecule has 4 aromatic carbocycles. The monoisotopic (exact) mass is 640 g/mol. The maximum atomic E-state index is 5.11. The number of rotatable bonds is 5. The molecular weight excluding hydrogens is 613 g/mol.